The number of hydrogen-bond acceptors (Lipinski definition) is 3. The zero-order valence-corrected chi connectivity index (χ0v) is 13.2. The zero-order chi connectivity index (χ0) is 14.7. The van der Waals surface area contributed by atoms with Gasteiger partial charge in [0, 0.05) is 37.2 Å². The molecule has 2 saturated carbocycles. The molecule has 0 aromatic heterocycles. The van der Waals surface area contributed by atoms with Gasteiger partial charge in [-0.1, -0.05) is 19.3 Å². The van der Waals surface area contributed by atoms with Crippen LogP contribution in [0.25, 0.3) is 0 Å². The second-order valence-corrected chi connectivity index (χ2v) is 6.92. The Bertz CT molecular complexity index is 359. The molecule has 1 heterocycles. The van der Waals surface area contributed by atoms with E-state index >= 15 is 0 Å². The van der Waals surface area contributed by atoms with Crippen LogP contribution in [0.4, 0.5) is 0 Å². The highest BCUT2D eigenvalue weighted by Gasteiger charge is 2.56. The number of amides is 1. The molecule has 0 aromatic carbocycles. The summed E-state index contributed by atoms with van der Waals surface area (Å²) in [5.41, 5.74) is 0.231. The molecular weight excluding hydrogens is 266 g/mol. The van der Waals surface area contributed by atoms with Crippen molar-refractivity contribution in [3.63, 3.8) is 0 Å². The third-order valence-corrected chi connectivity index (χ3v) is 5.85. The van der Waals surface area contributed by atoms with Gasteiger partial charge in [-0.3, -0.25) is 4.79 Å². The van der Waals surface area contributed by atoms with Crippen LogP contribution in [0, 0.1) is 11.3 Å². The van der Waals surface area contributed by atoms with Crippen molar-refractivity contribution in [1.29, 1.82) is 0 Å². The van der Waals surface area contributed by atoms with Crippen LogP contribution in [0.1, 0.15) is 58.3 Å². The van der Waals surface area contributed by atoms with Crippen LogP contribution in [-0.2, 0) is 14.3 Å². The lowest BCUT2D eigenvalue weighted by Crippen LogP contribution is -2.66. The van der Waals surface area contributed by atoms with Gasteiger partial charge in [0.1, 0.15) is 0 Å². The van der Waals surface area contributed by atoms with Crippen molar-refractivity contribution in [3.05, 3.63) is 0 Å². The molecule has 0 unspecified atom stereocenters. The Morgan fingerprint density at radius 3 is 2.62 bits per heavy atom. The molecule has 1 aliphatic heterocycles. The number of nitrogens with one attached hydrogen (secondary N) is 1. The van der Waals surface area contributed by atoms with E-state index in [0.717, 1.165) is 39.1 Å². The van der Waals surface area contributed by atoms with E-state index in [-0.39, 0.29) is 17.2 Å². The van der Waals surface area contributed by atoms with Gasteiger partial charge in [0.25, 0.3) is 0 Å². The molecule has 0 bridgehead atoms. The van der Waals surface area contributed by atoms with E-state index in [1.54, 1.807) is 0 Å². The van der Waals surface area contributed by atoms with Crippen molar-refractivity contribution < 1.29 is 14.3 Å². The first-order valence-corrected chi connectivity index (χ1v) is 8.76. The number of rotatable bonds is 4. The molecule has 4 nitrogen and oxygen atoms in total. The summed E-state index contributed by atoms with van der Waals surface area (Å²) < 4.78 is 11.3. The third kappa shape index (κ3) is 2.98. The molecule has 2 aliphatic carbocycles. The van der Waals surface area contributed by atoms with Crippen LogP contribution in [0.5, 0.6) is 0 Å². The van der Waals surface area contributed by atoms with Gasteiger partial charge in [0.05, 0.1) is 6.10 Å². The molecule has 3 rings (SSSR count). The molecule has 3 aliphatic rings. The van der Waals surface area contributed by atoms with E-state index in [1.807, 2.05) is 0 Å². The van der Waals surface area contributed by atoms with E-state index in [2.05, 4.69) is 12.2 Å². The van der Waals surface area contributed by atoms with Crippen LogP contribution in [0.2, 0.25) is 0 Å². The van der Waals surface area contributed by atoms with Crippen molar-refractivity contribution in [3.8, 4) is 0 Å². The minimum absolute atomic E-state index is 0.158. The highest BCUT2D eigenvalue weighted by atomic mass is 16.5. The fourth-order valence-electron chi connectivity index (χ4n) is 4.52. The van der Waals surface area contributed by atoms with Crippen LogP contribution in [0.3, 0.4) is 0 Å². The lowest BCUT2D eigenvalue weighted by molar-refractivity contribution is -0.159. The Kier molecular flexibility index (Phi) is 4.85. The van der Waals surface area contributed by atoms with Gasteiger partial charge in [0.15, 0.2) is 0 Å². The molecule has 0 aromatic rings. The minimum Gasteiger partial charge on any atom is -0.381 e. The summed E-state index contributed by atoms with van der Waals surface area (Å²) in [6.07, 6.45) is 9.46. The molecule has 3 fully saturated rings. The highest BCUT2D eigenvalue weighted by Crippen LogP contribution is 2.53. The Morgan fingerprint density at radius 1 is 1.24 bits per heavy atom. The lowest BCUT2D eigenvalue weighted by Gasteiger charge is -2.57. The van der Waals surface area contributed by atoms with Crippen LogP contribution >= 0.6 is 0 Å². The average molecular weight is 295 g/mol. The standard InChI is InChI=1S/C17H29NO3/c1-2-21-15-12-14(17(15)8-4-3-5-9-17)18-16(19)13-6-10-20-11-7-13/h13-15H,2-12H2,1H3,(H,18,19)/t14-,15+/m1/s1. The predicted molar refractivity (Wildman–Crippen MR) is 81.0 cm³/mol. The van der Waals surface area contributed by atoms with Gasteiger partial charge in [-0.15, -0.1) is 0 Å². The van der Waals surface area contributed by atoms with E-state index in [0.29, 0.717) is 12.1 Å². The first-order chi connectivity index (χ1) is 10.3. The first kappa shape index (κ1) is 15.3. The zero-order valence-electron chi connectivity index (χ0n) is 13.2. The molecule has 21 heavy (non-hydrogen) atoms. The van der Waals surface area contributed by atoms with E-state index in [4.69, 9.17) is 9.47 Å². The third-order valence-electron chi connectivity index (χ3n) is 5.85. The molecule has 1 spiro atoms. The predicted octanol–water partition coefficient (Wildman–Crippen LogP) is 2.66. The van der Waals surface area contributed by atoms with Gasteiger partial charge >= 0.3 is 0 Å². The highest BCUT2D eigenvalue weighted by molar-refractivity contribution is 5.79. The second-order valence-electron chi connectivity index (χ2n) is 6.92. The van der Waals surface area contributed by atoms with Gasteiger partial charge in [-0.2, -0.15) is 0 Å². The fourth-order valence-corrected chi connectivity index (χ4v) is 4.52. The topological polar surface area (TPSA) is 47.6 Å². The quantitative estimate of drug-likeness (QED) is 0.867. The van der Waals surface area contributed by atoms with Crippen molar-refractivity contribution in [2.45, 2.75) is 70.4 Å². The number of ether oxygens (including phenoxy) is 2. The van der Waals surface area contributed by atoms with E-state index in [9.17, 15) is 4.79 Å². The summed E-state index contributed by atoms with van der Waals surface area (Å²) >= 11 is 0. The van der Waals surface area contributed by atoms with Crippen molar-refractivity contribution in [1.82, 2.24) is 5.32 Å². The summed E-state index contributed by atoms with van der Waals surface area (Å²) in [4.78, 5) is 12.5. The molecule has 120 valence electrons. The number of hydrogen-bond donors (Lipinski definition) is 1. The Balaban J connectivity index is 1.60. The Labute approximate surface area is 127 Å². The molecular formula is C17H29NO3. The maximum Gasteiger partial charge on any atom is 0.223 e. The van der Waals surface area contributed by atoms with Crippen LogP contribution in [-0.4, -0.2) is 37.9 Å². The molecule has 4 heteroatoms. The van der Waals surface area contributed by atoms with Crippen molar-refractivity contribution >= 4 is 5.91 Å². The fraction of sp³-hybridized carbons (Fsp3) is 0.941. The molecule has 0 radical (unpaired) electrons. The largest absolute Gasteiger partial charge is 0.381 e. The van der Waals surface area contributed by atoms with Gasteiger partial charge in [0.2, 0.25) is 5.91 Å². The van der Waals surface area contributed by atoms with Gasteiger partial charge in [-0.25, -0.2) is 0 Å². The maximum absolute atomic E-state index is 12.5. The maximum atomic E-state index is 12.5. The Morgan fingerprint density at radius 2 is 1.95 bits per heavy atom. The number of carbonyl (C=O) groups is 1. The average Bonchev–Trinajstić information content (AvgIpc) is 2.55. The van der Waals surface area contributed by atoms with Crippen molar-refractivity contribution in [2.75, 3.05) is 19.8 Å². The molecule has 1 N–H and O–H groups in total. The van der Waals surface area contributed by atoms with Crippen LogP contribution < -0.4 is 5.32 Å². The van der Waals surface area contributed by atoms with E-state index in [1.165, 1.54) is 32.1 Å². The number of carbonyl (C=O) groups excluding carboxylic acids is 1. The van der Waals surface area contributed by atoms with Gasteiger partial charge in [-0.05, 0) is 39.0 Å². The summed E-state index contributed by atoms with van der Waals surface area (Å²) in [6.45, 7) is 4.32. The van der Waals surface area contributed by atoms with E-state index < -0.39 is 0 Å². The summed E-state index contributed by atoms with van der Waals surface area (Å²) in [7, 11) is 0. The molecule has 1 amide bonds. The second kappa shape index (κ2) is 6.66. The van der Waals surface area contributed by atoms with Crippen molar-refractivity contribution in [2.24, 2.45) is 11.3 Å². The molecule has 1 saturated heterocycles. The minimum atomic E-state index is 0.158. The Hall–Kier alpha value is -0.610. The lowest BCUT2D eigenvalue weighted by atomic mass is 9.55. The molecule has 2 atom stereocenters. The first-order valence-electron chi connectivity index (χ1n) is 8.76. The monoisotopic (exact) mass is 295 g/mol. The summed E-state index contributed by atoms with van der Waals surface area (Å²) in [5, 5.41) is 3.36. The smallest absolute Gasteiger partial charge is 0.223 e. The SMILES string of the molecule is CCO[C@H]1C[C@@H](NC(=O)C2CCOCC2)C12CCCCC2. The van der Waals surface area contributed by atoms with Gasteiger partial charge < -0.3 is 14.8 Å². The van der Waals surface area contributed by atoms with Crippen LogP contribution in [0.15, 0.2) is 0 Å². The summed E-state index contributed by atoms with van der Waals surface area (Å²) in [5.74, 6) is 0.411. The normalized spacial score (nSPS) is 32.6. The summed E-state index contributed by atoms with van der Waals surface area (Å²) in [6, 6.07) is 0.338.